The zero-order valence-electron chi connectivity index (χ0n) is 14.3. The molecule has 0 aromatic carbocycles. The highest BCUT2D eigenvalue weighted by atomic mass is 32.2. The Balaban J connectivity index is 3.15. The van der Waals surface area contributed by atoms with Crippen LogP contribution in [-0.2, 0) is 4.74 Å². The maximum atomic E-state index is 5.82. The summed E-state index contributed by atoms with van der Waals surface area (Å²) in [7, 11) is 0. The molecule has 1 unspecified atom stereocenters. The van der Waals surface area contributed by atoms with E-state index >= 15 is 0 Å². The fourth-order valence-corrected chi connectivity index (χ4v) is 3.20. The van der Waals surface area contributed by atoms with Crippen molar-refractivity contribution in [1.82, 2.24) is 0 Å². The van der Waals surface area contributed by atoms with Gasteiger partial charge >= 0.3 is 0 Å². The molecule has 0 saturated heterocycles. The second-order valence-electron chi connectivity index (χ2n) is 5.87. The Hall–Kier alpha value is 0.310. The zero-order valence-corrected chi connectivity index (χ0v) is 15.1. The molecule has 0 amide bonds. The van der Waals surface area contributed by atoms with Crippen LogP contribution in [0.15, 0.2) is 0 Å². The van der Waals surface area contributed by atoms with E-state index in [0.29, 0.717) is 0 Å². The summed E-state index contributed by atoms with van der Waals surface area (Å²) in [5.74, 6) is 3.29. The van der Waals surface area contributed by atoms with Crippen molar-refractivity contribution in [2.45, 2.75) is 85.0 Å². The monoisotopic (exact) mass is 302 g/mol. The molecule has 0 fully saturated rings. The smallest absolute Gasteiger partial charge is 0.0556 e. The third-order valence-corrected chi connectivity index (χ3v) is 4.94. The summed E-state index contributed by atoms with van der Waals surface area (Å²) in [5.41, 5.74) is 0. The molecule has 0 aromatic rings. The number of ether oxygens (including phenoxy) is 1. The van der Waals surface area contributed by atoms with E-state index in [4.69, 9.17) is 4.74 Å². The summed E-state index contributed by atoms with van der Waals surface area (Å²) < 4.78 is 5.82. The van der Waals surface area contributed by atoms with Gasteiger partial charge in [0.2, 0.25) is 0 Å². The first-order valence-corrected chi connectivity index (χ1v) is 10.2. The first-order valence-electron chi connectivity index (χ1n) is 9.00. The van der Waals surface area contributed by atoms with Gasteiger partial charge in [-0.05, 0) is 24.5 Å². The summed E-state index contributed by atoms with van der Waals surface area (Å²) in [6.07, 6.45) is 13.7. The van der Waals surface area contributed by atoms with Crippen LogP contribution in [0, 0.1) is 5.92 Å². The van der Waals surface area contributed by atoms with Gasteiger partial charge in [-0.3, -0.25) is 0 Å². The van der Waals surface area contributed by atoms with Gasteiger partial charge in [0.15, 0.2) is 0 Å². The van der Waals surface area contributed by atoms with Crippen LogP contribution in [0.3, 0.4) is 0 Å². The van der Waals surface area contributed by atoms with Crippen LogP contribution in [0.1, 0.15) is 85.0 Å². The first-order chi connectivity index (χ1) is 9.85. The molecule has 1 nitrogen and oxygen atoms in total. The van der Waals surface area contributed by atoms with E-state index in [-0.39, 0.29) is 0 Å². The van der Waals surface area contributed by atoms with Crippen molar-refractivity contribution >= 4 is 11.8 Å². The van der Waals surface area contributed by atoms with Crippen molar-refractivity contribution in [3.05, 3.63) is 0 Å². The lowest BCUT2D eigenvalue weighted by molar-refractivity contribution is 0.106. The van der Waals surface area contributed by atoms with Gasteiger partial charge < -0.3 is 4.74 Å². The summed E-state index contributed by atoms with van der Waals surface area (Å²) in [5, 5.41) is 0. The van der Waals surface area contributed by atoms with E-state index in [2.05, 4.69) is 32.5 Å². The number of hydrogen-bond donors (Lipinski definition) is 0. The van der Waals surface area contributed by atoms with Gasteiger partial charge in [-0.2, -0.15) is 11.8 Å². The minimum Gasteiger partial charge on any atom is -0.380 e. The van der Waals surface area contributed by atoms with Crippen LogP contribution in [0.4, 0.5) is 0 Å². The number of rotatable bonds is 16. The normalized spacial score (nSPS) is 12.8. The Morgan fingerprint density at radius 1 is 0.800 bits per heavy atom. The molecule has 0 radical (unpaired) electrons. The van der Waals surface area contributed by atoms with Crippen molar-refractivity contribution < 1.29 is 4.74 Å². The van der Waals surface area contributed by atoms with Crippen molar-refractivity contribution in [3.8, 4) is 0 Å². The predicted octanol–water partition coefficient (Wildman–Crippen LogP) is 6.31. The average molecular weight is 303 g/mol. The number of unbranched alkanes of at least 4 members (excludes halogenated alkanes) is 6. The molecular weight excluding hydrogens is 264 g/mol. The summed E-state index contributed by atoms with van der Waals surface area (Å²) in [6.45, 7) is 8.77. The minimum atomic E-state index is 0.790. The lowest BCUT2D eigenvalue weighted by Crippen LogP contribution is -2.10. The lowest BCUT2D eigenvalue weighted by atomic mass is 10.0. The maximum Gasteiger partial charge on any atom is 0.0556 e. The van der Waals surface area contributed by atoms with Gasteiger partial charge in [-0.15, -0.1) is 0 Å². The van der Waals surface area contributed by atoms with E-state index in [0.717, 1.165) is 19.1 Å². The van der Waals surface area contributed by atoms with Crippen LogP contribution in [0.25, 0.3) is 0 Å². The fraction of sp³-hybridized carbons (Fsp3) is 1.00. The van der Waals surface area contributed by atoms with Gasteiger partial charge in [0.1, 0.15) is 0 Å². The Morgan fingerprint density at radius 3 is 2.20 bits per heavy atom. The van der Waals surface area contributed by atoms with Gasteiger partial charge in [-0.25, -0.2) is 0 Å². The predicted molar refractivity (Wildman–Crippen MR) is 94.8 cm³/mol. The molecule has 0 bridgehead atoms. The minimum absolute atomic E-state index is 0.790. The Kier molecular flexibility index (Phi) is 17.6. The molecule has 122 valence electrons. The van der Waals surface area contributed by atoms with Crippen LogP contribution in [0.2, 0.25) is 0 Å². The molecule has 1 atom stereocenters. The third-order valence-electron chi connectivity index (χ3n) is 3.91. The highest BCUT2D eigenvalue weighted by Crippen LogP contribution is 2.13. The van der Waals surface area contributed by atoms with Crippen LogP contribution < -0.4 is 0 Å². The third kappa shape index (κ3) is 14.7. The fourth-order valence-electron chi connectivity index (χ4n) is 2.35. The van der Waals surface area contributed by atoms with Gasteiger partial charge in [0, 0.05) is 12.4 Å². The Morgan fingerprint density at radius 2 is 1.50 bits per heavy atom. The molecule has 0 spiro atoms. The van der Waals surface area contributed by atoms with Crippen molar-refractivity contribution in [1.29, 1.82) is 0 Å². The van der Waals surface area contributed by atoms with Gasteiger partial charge in [0.25, 0.3) is 0 Å². The molecule has 0 heterocycles. The van der Waals surface area contributed by atoms with E-state index in [9.17, 15) is 0 Å². The van der Waals surface area contributed by atoms with Crippen LogP contribution in [0.5, 0.6) is 0 Å². The average Bonchev–Trinajstić information content (AvgIpc) is 2.48. The summed E-state index contributed by atoms with van der Waals surface area (Å²) >= 11 is 2.07. The molecule has 20 heavy (non-hydrogen) atoms. The molecule has 0 rings (SSSR count). The quantitative estimate of drug-likeness (QED) is 0.309. The molecule has 2 heteroatoms. The van der Waals surface area contributed by atoms with E-state index in [1.807, 2.05) is 0 Å². The molecule has 0 aliphatic carbocycles. The highest BCUT2D eigenvalue weighted by Gasteiger charge is 2.05. The first kappa shape index (κ1) is 20.3. The second-order valence-corrected chi connectivity index (χ2v) is 7.10. The molecule has 0 aromatic heterocycles. The number of thioether (sulfide) groups is 1. The molecule has 0 N–H and O–H groups in total. The summed E-state index contributed by atoms with van der Waals surface area (Å²) in [4.78, 5) is 0. The second kappa shape index (κ2) is 17.4. The Labute approximate surface area is 132 Å². The lowest BCUT2D eigenvalue weighted by Gasteiger charge is -2.14. The van der Waals surface area contributed by atoms with Gasteiger partial charge in [-0.1, -0.05) is 72.1 Å². The maximum absolute atomic E-state index is 5.82. The SMILES string of the molecule is CCCCCCCCSCCOCC(CC)CCCC. The zero-order chi connectivity index (χ0) is 14.9. The summed E-state index contributed by atoms with van der Waals surface area (Å²) in [6, 6.07) is 0. The van der Waals surface area contributed by atoms with Gasteiger partial charge in [0.05, 0.1) is 6.61 Å². The van der Waals surface area contributed by atoms with Crippen molar-refractivity contribution in [2.24, 2.45) is 5.92 Å². The molecule has 0 aliphatic rings. The largest absolute Gasteiger partial charge is 0.380 e. The molecule has 0 aliphatic heterocycles. The van der Waals surface area contributed by atoms with Crippen LogP contribution in [-0.4, -0.2) is 24.7 Å². The standard InChI is InChI=1S/C18H38OS/c1-4-7-9-10-11-12-15-20-16-14-19-17-18(6-3)13-8-5-2/h18H,4-17H2,1-3H3. The topological polar surface area (TPSA) is 9.23 Å². The highest BCUT2D eigenvalue weighted by molar-refractivity contribution is 7.99. The van der Waals surface area contributed by atoms with Crippen molar-refractivity contribution in [3.63, 3.8) is 0 Å². The van der Waals surface area contributed by atoms with E-state index in [1.54, 1.807) is 0 Å². The Bertz CT molecular complexity index is 173. The van der Waals surface area contributed by atoms with Crippen LogP contribution >= 0.6 is 11.8 Å². The van der Waals surface area contributed by atoms with E-state index in [1.165, 1.54) is 75.7 Å². The number of hydrogen-bond acceptors (Lipinski definition) is 2. The molecule has 0 saturated carbocycles. The van der Waals surface area contributed by atoms with Crippen molar-refractivity contribution in [2.75, 3.05) is 24.7 Å². The van der Waals surface area contributed by atoms with E-state index < -0.39 is 0 Å². The molecular formula is C18H38OS.